The van der Waals surface area contributed by atoms with Gasteiger partial charge in [-0.05, 0) is 18.2 Å². The zero-order chi connectivity index (χ0) is 13.3. The molecule has 18 heavy (non-hydrogen) atoms. The first-order valence-electron chi connectivity index (χ1n) is 5.16. The molecular formula is C13H9F4N. The number of anilines is 1. The molecule has 0 aliphatic carbocycles. The second kappa shape index (κ2) is 4.68. The average molecular weight is 255 g/mol. The number of hydrogen-bond acceptors (Lipinski definition) is 1. The zero-order valence-corrected chi connectivity index (χ0v) is 9.40. The van der Waals surface area contributed by atoms with Crippen molar-refractivity contribution in [1.29, 1.82) is 0 Å². The first-order chi connectivity index (χ1) is 8.56. The fourth-order valence-corrected chi connectivity index (χ4v) is 1.66. The number of hydrogen-bond donors (Lipinski definition) is 1. The van der Waals surface area contributed by atoms with Gasteiger partial charge in [0.1, 0.15) is 0 Å². The molecule has 5 heteroatoms. The third kappa shape index (κ3) is 1.92. The molecule has 1 N–H and O–H groups in total. The van der Waals surface area contributed by atoms with Gasteiger partial charge in [0, 0.05) is 18.2 Å². The number of rotatable bonds is 2. The number of halogens is 4. The minimum absolute atomic E-state index is 0.0481. The third-order valence-corrected chi connectivity index (χ3v) is 2.59. The van der Waals surface area contributed by atoms with Gasteiger partial charge in [-0.15, -0.1) is 0 Å². The second-order valence-electron chi connectivity index (χ2n) is 3.64. The minimum Gasteiger partial charge on any atom is -0.386 e. The van der Waals surface area contributed by atoms with Crippen molar-refractivity contribution in [1.82, 2.24) is 0 Å². The molecule has 0 heterocycles. The molecule has 0 fully saturated rings. The van der Waals surface area contributed by atoms with Gasteiger partial charge in [0.15, 0.2) is 23.3 Å². The molecule has 0 spiro atoms. The summed E-state index contributed by atoms with van der Waals surface area (Å²) < 4.78 is 53.8. The van der Waals surface area contributed by atoms with Crippen LogP contribution < -0.4 is 5.32 Å². The van der Waals surface area contributed by atoms with Gasteiger partial charge in [-0.1, -0.05) is 12.1 Å². The van der Waals surface area contributed by atoms with E-state index in [0.717, 1.165) is 6.07 Å². The maximum Gasteiger partial charge on any atom is 0.182 e. The smallest absolute Gasteiger partial charge is 0.182 e. The molecule has 0 aliphatic heterocycles. The van der Waals surface area contributed by atoms with Gasteiger partial charge in [-0.25, -0.2) is 17.6 Å². The van der Waals surface area contributed by atoms with Crippen molar-refractivity contribution in [2.24, 2.45) is 0 Å². The first kappa shape index (κ1) is 12.4. The highest BCUT2D eigenvalue weighted by molar-refractivity contribution is 5.68. The van der Waals surface area contributed by atoms with Crippen LogP contribution >= 0.6 is 0 Å². The highest BCUT2D eigenvalue weighted by atomic mass is 19.2. The molecule has 0 radical (unpaired) electrons. The molecule has 1 nitrogen and oxygen atoms in total. The lowest BCUT2D eigenvalue weighted by molar-refractivity contribution is 0.502. The summed E-state index contributed by atoms with van der Waals surface area (Å²) in [6, 6.07) is 5.79. The Morgan fingerprint density at radius 1 is 0.778 bits per heavy atom. The Balaban J connectivity index is 2.65. The molecule has 0 bridgehead atoms. The van der Waals surface area contributed by atoms with Gasteiger partial charge in [0.05, 0.1) is 5.69 Å². The Kier molecular flexibility index (Phi) is 3.23. The zero-order valence-electron chi connectivity index (χ0n) is 9.40. The van der Waals surface area contributed by atoms with Gasteiger partial charge < -0.3 is 5.32 Å². The minimum atomic E-state index is -1.22. The van der Waals surface area contributed by atoms with Crippen molar-refractivity contribution in [3.05, 3.63) is 53.6 Å². The molecule has 2 aromatic carbocycles. The van der Waals surface area contributed by atoms with E-state index in [9.17, 15) is 17.6 Å². The second-order valence-corrected chi connectivity index (χ2v) is 3.64. The highest BCUT2D eigenvalue weighted by Gasteiger charge is 2.18. The molecule has 0 saturated heterocycles. The van der Waals surface area contributed by atoms with E-state index in [-0.39, 0.29) is 16.8 Å². The van der Waals surface area contributed by atoms with E-state index >= 15 is 0 Å². The molecule has 0 aliphatic rings. The monoisotopic (exact) mass is 255 g/mol. The average Bonchev–Trinajstić information content (AvgIpc) is 2.37. The quantitative estimate of drug-likeness (QED) is 0.801. The molecule has 0 amide bonds. The summed E-state index contributed by atoms with van der Waals surface area (Å²) >= 11 is 0. The van der Waals surface area contributed by atoms with Gasteiger partial charge in [-0.2, -0.15) is 0 Å². The summed E-state index contributed by atoms with van der Waals surface area (Å²) in [5, 5.41) is 2.46. The van der Waals surface area contributed by atoms with E-state index in [2.05, 4.69) is 5.32 Å². The van der Waals surface area contributed by atoms with Crippen molar-refractivity contribution in [3.63, 3.8) is 0 Å². The van der Waals surface area contributed by atoms with E-state index in [1.54, 1.807) is 0 Å². The predicted molar refractivity (Wildman–Crippen MR) is 61.3 cm³/mol. The van der Waals surface area contributed by atoms with E-state index in [0.29, 0.717) is 0 Å². The van der Waals surface area contributed by atoms with Crippen molar-refractivity contribution >= 4 is 5.69 Å². The van der Waals surface area contributed by atoms with Crippen LogP contribution in [0.2, 0.25) is 0 Å². The maximum absolute atomic E-state index is 13.7. The van der Waals surface area contributed by atoms with Gasteiger partial charge >= 0.3 is 0 Å². The lowest BCUT2D eigenvalue weighted by atomic mass is 10.0. The Morgan fingerprint density at radius 2 is 1.44 bits per heavy atom. The summed E-state index contributed by atoms with van der Waals surface area (Å²) in [4.78, 5) is 0. The molecule has 0 aromatic heterocycles. The fourth-order valence-electron chi connectivity index (χ4n) is 1.66. The largest absolute Gasteiger partial charge is 0.386 e. The van der Waals surface area contributed by atoms with Crippen molar-refractivity contribution in [2.75, 3.05) is 12.4 Å². The van der Waals surface area contributed by atoms with E-state index < -0.39 is 23.3 Å². The molecule has 0 atom stereocenters. The van der Waals surface area contributed by atoms with Gasteiger partial charge in [-0.3, -0.25) is 0 Å². The van der Waals surface area contributed by atoms with Crippen LogP contribution in [0.3, 0.4) is 0 Å². The Bertz CT molecular complexity index is 596. The maximum atomic E-state index is 13.7. The molecular weight excluding hydrogens is 246 g/mol. The van der Waals surface area contributed by atoms with Crippen LogP contribution in [0.4, 0.5) is 23.2 Å². The van der Waals surface area contributed by atoms with Gasteiger partial charge in [0.2, 0.25) is 0 Å². The van der Waals surface area contributed by atoms with Crippen molar-refractivity contribution in [3.8, 4) is 11.1 Å². The topological polar surface area (TPSA) is 12.0 Å². The van der Waals surface area contributed by atoms with Crippen LogP contribution in [0.25, 0.3) is 11.1 Å². The fraction of sp³-hybridized carbons (Fsp3) is 0.0769. The van der Waals surface area contributed by atoms with E-state index in [4.69, 9.17) is 0 Å². The lowest BCUT2D eigenvalue weighted by Crippen LogP contribution is -1.99. The molecule has 0 unspecified atom stereocenters. The first-order valence-corrected chi connectivity index (χ1v) is 5.16. The molecule has 2 aromatic rings. The van der Waals surface area contributed by atoms with Crippen LogP contribution in [0.1, 0.15) is 0 Å². The van der Waals surface area contributed by atoms with Crippen LogP contribution in [0, 0.1) is 23.3 Å². The molecule has 2 rings (SSSR count). The van der Waals surface area contributed by atoms with Gasteiger partial charge in [0.25, 0.3) is 0 Å². The summed E-state index contributed by atoms with van der Waals surface area (Å²) in [6.07, 6.45) is 0. The standard InChI is InChI=1S/C13H9F4N/c1-18-10-6-5-8(12(16)13(10)17)7-3-2-4-9(14)11(7)15/h2-6,18H,1H3. The van der Waals surface area contributed by atoms with Crippen LogP contribution in [0.5, 0.6) is 0 Å². The third-order valence-electron chi connectivity index (χ3n) is 2.59. The van der Waals surface area contributed by atoms with E-state index in [1.807, 2.05) is 0 Å². The summed E-state index contributed by atoms with van der Waals surface area (Å²) in [5.74, 6) is -4.65. The highest BCUT2D eigenvalue weighted by Crippen LogP contribution is 2.30. The number of benzene rings is 2. The predicted octanol–water partition coefficient (Wildman–Crippen LogP) is 3.95. The van der Waals surface area contributed by atoms with Crippen LogP contribution in [-0.4, -0.2) is 7.05 Å². The lowest BCUT2D eigenvalue weighted by Gasteiger charge is -2.09. The SMILES string of the molecule is CNc1ccc(-c2cccc(F)c2F)c(F)c1F. The molecule has 94 valence electrons. The van der Waals surface area contributed by atoms with Crippen LogP contribution in [0.15, 0.2) is 30.3 Å². The normalized spacial score (nSPS) is 10.5. The number of nitrogens with one attached hydrogen (secondary N) is 1. The summed E-state index contributed by atoms with van der Waals surface area (Å²) in [6.45, 7) is 0. The Hall–Kier alpha value is -2.04. The Labute approximate surface area is 101 Å². The van der Waals surface area contributed by atoms with Crippen molar-refractivity contribution < 1.29 is 17.6 Å². The van der Waals surface area contributed by atoms with Crippen LogP contribution in [-0.2, 0) is 0 Å². The molecule has 0 saturated carbocycles. The summed E-state index contributed by atoms with van der Waals surface area (Å²) in [7, 11) is 1.43. The Morgan fingerprint density at radius 3 is 2.11 bits per heavy atom. The summed E-state index contributed by atoms with van der Waals surface area (Å²) in [5.41, 5.74) is -0.675. The van der Waals surface area contributed by atoms with E-state index in [1.165, 1.54) is 31.3 Å². The van der Waals surface area contributed by atoms with Crippen molar-refractivity contribution in [2.45, 2.75) is 0 Å².